The number of aliphatic hydroxyl groups is 2. The molecule has 0 aromatic heterocycles. The maximum absolute atomic E-state index is 10.2. The van der Waals surface area contributed by atoms with Crippen LogP contribution in [0.25, 0.3) is 0 Å². The Morgan fingerprint density at radius 3 is 2.14 bits per heavy atom. The van der Waals surface area contributed by atoms with Gasteiger partial charge in [0, 0.05) is 0 Å². The van der Waals surface area contributed by atoms with E-state index in [1.165, 1.54) is 0 Å². The number of carbonyl (C=O) groups is 1. The summed E-state index contributed by atoms with van der Waals surface area (Å²) in [6.07, 6.45) is -3.80. The molecule has 8 heteroatoms. The minimum Gasteiger partial charge on any atom is -0.479 e. The van der Waals surface area contributed by atoms with Gasteiger partial charge in [-0.15, -0.1) is 0 Å². The molecule has 0 heterocycles. The zero-order valence-corrected chi connectivity index (χ0v) is 8.01. The molecule has 84 valence electrons. The van der Waals surface area contributed by atoms with E-state index in [4.69, 9.17) is 19.9 Å². The zero-order chi connectivity index (χ0) is 11.4. The molecule has 2 atom stereocenters. The van der Waals surface area contributed by atoms with E-state index in [0.29, 0.717) is 0 Å². The van der Waals surface area contributed by atoms with Crippen molar-refractivity contribution in [3.05, 3.63) is 0 Å². The second-order valence-corrected chi connectivity index (χ2v) is 4.35. The lowest BCUT2D eigenvalue weighted by Crippen LogP contribution is -2.33. The van der Waals surface area contributed by atoms with Crippen molar-refractivity contribution >= 4 is 16.1 Å². The third-order valence-electron chi connectivity index (χ3n) is 1.52. The summed E-state index contributed by atoms with van der Waals surface area (Å²) in [6, 6.07) is 0. The van der Waals surface area contributed by atoms with E-state index in [1.807, 2.05) is 0 Å². The van der Waals surface area contributed by atoms with E-state index < -0.39 is 34.0 Å². The van der Waals surface area contributed by atoms with Gasteiger partial charge in [-0.2, -0.15) is 8.42 Å². The van der Waals surface area contributed by atoms with E-state index in [1.54, 1.807) is 0 Å². The van der Waals surface area contributed by atoms with Crippen LogP contribution in [0.1, 0.15) is 12.8 Å². The summed E-state index contributed by atoms with van der Waals surface area (Å²) < 4.78 is 28.7. The smallest absolute Gasteiger partial charge is 0.335 e. The first-order valence-corrected chi connectivity index (χ1v) is 5.39. The molecule has 0 amide bonds. The summed E-state index contributed by atoms with van der Waals surface area (Å²) in [5.41, 5.74) is 0. The molecule has 0 radical (unpaired) electrons. The van der Waals surface area contributed by atoms with Crippen LogP contribution in [0.5, 0.6) is 0 Å². The number of carboxylic acid groups (broad SMARTS) is 1. The number of hydrogen-bond donors (Lipinski definition) is 4. The topological polar surface area (TPSA) is 132 Å². The normalized spacial score (nSPS) is 16.2. The molecule has 14 heavy (non-hydrogen) atoms. The Labute approximate surface area is 80.7 Å². The minimum atomic E-state index is -4.11. The first kappa shape index (κ1) is 13.3. The first-order valence-electron chi connectivity index (χ1n) is 3.78. The first-order chi connectivity index (χ1) is 6.24. The third-order valence-corrected chi connectivity index (χ3v) is 2.32. The van der Waals surface area contributed by atoms with Gasteiger partial charge < -0.3 is 15.3 Å². The number of carboxylic acids is 1. The monoisotopic (exact) mass is 228 g/mol. The van der Waals surface area contributed by atoms with Gasteiger partial charge in [-0.25, -0.2) is 4.79 Å². The minimum absolute atomic E-state index is 0.121. The molecule has 0 saturated heterocycles. The molecule has 0 aliphatic carbocycles. The van der Waals surface area contributed by atoms with Crippen molar-refractivity contribution in [1.29, 1.82) is 0 Å². The fraction of sp³-hybridized carbons (Fsp3) is 0.833. The standard InChI is InChI=1S/C6H12O7S/c7-4(5(8)6(9)10)2-1-3-14(11,12)13/h4-5,7-8H,1-3H2,(H,9,10)(H,11,12,13). The summed E-state index contributed by atoms with van der Waals surface area (Å²) in [5, 5.41) is 26.0. The molecule has 0 spiro atoms. The molecule has 0 aliphatic heterocycles. The second-order valence-electron chi connectivity index (χ2n) is 2.78. The highest BCUT2D eigenvalue weighted by molar-refractivity contribution is 7.85. The van der Waals surface area contributed by atoms with Crippen LogP contribution >= 0.6 is 0 Å². The molecule has 0 saturated carbocycles. The quantitative estimate of drug-likeness (QED) is 0.405. The Kier molecular flexibility index (Phi) is 4.99. The van der Waals surface area contributed by atoms with Crippen molar-refractivity contribution in [2.45, 2.75) is 25.0 Å². The highest BCUT2D eigenvalue weighted by Crippen LogP contribution is 2.04. The number of rotatable bonds is 6. The molecule has 0 fully saturated rings. The fourth-order valence-electron chi connectivity index (χ4n) is 0.797. The van der Waals surface area contributed by atoms with E-state index >= 15 is 0 Å². The molecule has 0 bridgehead atoms. The summed E-state index contributed by atoms with van der Waals surface area (Å²) in [5.74, 6) is -2.15. The molecule has 4 N–H and O–H groups in total. The molecule has 7 nitrogen and oxygen atoms in total. The third kappa shape index (κ3) is 5.86. The highest BCUT2D eigenvalue weighted by Gasteiger charge is 2.23. The van der Waals surface area contributed by atoms with E-state index in [0.717, 1.165) is 0 Å². The van der Waals surface area contributed by atoms with Crippen LogP contribution in [0.2, 0.25) is 0 Å². The Morgan fingerprint density at radius 1 is 1.29 bits per heavy atom. The van der Waals surface area contributed by atoms with E-state index in [2.05, 4.69) is 0 Å². The van der Waals surface area contributed by atoms with Crippen molar-refractivity contribution in [1.82, 2.24) is 0 Å². The Bertz CT molecular complexity index is 283. The van der Waals surface area contributed by atoms with Gasteiger partial charge in [0.25, 0.3) is 10.1 Å². The van der Waals surface area contributed by atoms with Crippen LogP contribution in [0.15, 0.2) is 0 Å². The average molecular weight is 228 g/mol. The Balaban J connectivity index is 3.86. The molecular weight excluding hydrogens is 216 g/mol. The lowest BCUT2D eigenvalue weighted by Gasteiger charge is -2.12. The van der Waals surface area contributed by atoms with Gasteiger partial charge >= 0.3 is 5.97 Å². The predicted octanol–water partition coefficient (Wildman–Crippen LogP) is -1.54. The Morgan fingerprint density at radius 2 is 1.79 bits per heavy atom. The molecule has 0 rings (SSSR count). The van der Waals surface area contributed by atoms with Crippen LogP contribution in [0.3, 0.4) is 0 Å². The highest BCUT2D eigenvalue weighted by atomic mass is 32.2. The van der Waals surface area contributed by atoms with Gasteiger partial charge in [-0.05, 0) is 12.8 Å². The van der Waals surface area contributed by atoms with Crippen molar-refractivity contribution in [2.24, 2.45) is 0 Å². The van der Waals surface area contributed by atoms with E-state index in [9.17, 15) is 13.2 Å². The SMILES string of the molecule is O=C(O)C(O)C(O)CCCS(=O)(=O)O. The van der Waals surface area contributed by atoms with Crippen molar-refractivity contribution < 1.29 is 33.1 Å². The summed E-state index contributed by atoms with van der Waals surface area (Å²) in [4.78, 5) is 10.1. The van der Waals surface area contributed by atoms with Gasteiger partial charge in [0.2, 0.25) is 0 Å². The van der Waals surface area contributed by atoms with Crippen LogP contribution in [0, 0.1) is 0 Å². The maximum Gasteiger partial charge on any atom is 0.335 e. The average Bonchev–Trinajstić information content (AvgIpc) is 2.00. The lowest BCUT2D eigenvalue weighted by molar-refractivity contribution is -0.152. The predicted molar refractivity (Wildman–Crippen MR) is 45.3 cm³/mol. The van der Waals surface area contributed by atoms with Gasteiger partial charge in [0.05, 0.1) is 11.9 Å². The van der Waals surface area contributed by atoms with E-state index in [-0.39, 0.29) is 12.8 Å². The van der Waals surface area contributed by atoms with Crippen LogP contribution in [-0.4, -0.2) is 52.2 Å². The van der Waals surface area contributed by atoms with Crippen molar-refractivity contribution in [3.8, 4) is 0 Å². The van der Waals surface area contributed by atoms with Gasteiger partial charge in [-0.1, -0.05) is 0 Å². The number of aliphatic hydroxyl groups excluding tert-OH is 2. The molecule has 0 aromatic carbocycles. The number of hydrogen-bond acceptors (Lipinski definition) is 5. The lowest BCUT2D eigenvalue weighted by atomic mass is 10.1. The fourth-order valence-corrected chi connectivity index (χ4v) is 1.33. The van der Waals surface area contributed by atoms with Crippen molar-refractivity contribution in [3.63, 3.8) is 0 Å². The largest absolute Gasteiger partial charge is 0.479 e. The van der Waals surface area contributed by atoms with Crippen molar-refractivity contribution in [2.75, 3.05) is 5.75 Å². The summed E-state index contributed by atoms with van der Waals surface area (Å²) in [6.45, 7) is 0. The molecule has 0 aliphatic rings. The van der Waals surface area contributed by atoms with Gasteiger partial charge in [0.1, 0.15) is 0 Å². The number of aliphatic carboxylic acids is 1. The molecule has 2 unspecified atom stereocenters. The second kappa shape index (κ2) is 5.25. The Hall–Kier alpha value is -0.700. The maximum atomic E-state index is 10.2. The zero-order valence-electron chi connectivity index (χ0n) is 7.20. The van der Waals surface area contributed by atoms with Crippen LogP contribution < -0.4 is 0 Å². The van der Waals surface area contributed by atoms with Crippen LogP contribution in [0.4, 0.5) is 0 Å². The summed E-state index contributed by atoms with van der Waals surface area (Å²) in [7, 11) is -4.11. The molecule has 0 aromatic rings. The van der Waals surface area contributed by atoms with Crippen LogP contribution in [-0.2, 0) is 14.9 Å². The van der Waals surface area contributed by atoms with Gasteiger partial charge in [0.15, 0.2) is 6.10 Å². The summed E-state index contributed by atoms with van der Waals surface area (Å²) >= 11 is 0. The molecular formula is C6H12O7S. The van der Waals surface area contributed by atoms with Gasteiger partial charge in [-0.3, -0.25) is 4.55 Å².